The second-order valence-corrected chi connectivity index (χ2v) is 7.78. The van der Waals surface area contributed by atoms with E-state index in [1.807, 2.05) is 7.05 Å². The van der Waals surface area contributed by atoms with Crippen LogP contribution < -0.4 is 10.6 Å². The maximum absolute atomic E-state index is 5.41. The number of piperidine rings is 1. The van der Waals surface area contributed by atoms with E-state index in [2.05, 4.69) is 39.3 Å². The van der Waals surface area contributed by atoms with Gasteiger partial charge in [0.25, 0.3) is 0 Å². The molecule has 0 amide bonds. The first-order chi connectivity index (χ1) is 12.2. The molecule has 2 rings (SSSR count). The molecule has 6 nitrogen and oxygen atoms in total. The van der Waals surface area contributed by atoms with Crippen molar-refractivity contribution in [3.63, 3.8) is 0 Å². The lowest BCUT2D eigenvalue weighted by Crippen LogP contribution is -2.44. The van der Waals surface area contributed by atoms with Gasteiger partial charge in [0.1, 0.15) is 0 Å². The third-order valence-electron chi connectivity index (χ3n) is 5.33. The topological polar surface area (TPSA) is 52.1 Å². The van der Waals surface area contributed by atoms with E-state index < -0.39 is 0 Å². The summed E-state index contributed by atoms with van der Waals surface area (Å²) in [5.74, 6) is 2.45. The van der Waals surface area contributed by atoms with Gasteiger partial charge in [-0.25, -0.2) is 0 Å². The highest BCUT2D eigenvalue weighted by atomic mass is 127. The van der Waals surface area contributed by atoms with E-state index in [1.165, 1.54) is 38.9 Å². The largest absolute Gasteiger partial charge is 0.379 e. The van der Waals surface area contributed by atoms with Crippen molar-refractivity contribution in [2.45, 2.75) is 33.1 Å². The molecule has 0 aromatic rings. The Morgan fingerprint density at radius 1 is 1.12 bits per heavy atom. The number of nitrogens with one attached hydrogen (secondary N) is 2. The molecule has 26 heavy (non-hydrogen) atoms. The Bertz CT molecular complexity index is 382. The van der Waals surface area contributed by atoms with Crippen LogP contribution in [0.2, 0.25) is 0 Å². The average Bonchev–Trinajstić information content (AvgIpc) is 2.63. The number of rotatable bonds is 8. The van der Waals surface area contributed by atoms with E-state index in [1.54, 1.807) is 0 Å². The van der Waals surface area contributed by atoms with E-state index in [-0.39, 0.29) is 24.0 Å². The van der Waals surface area contributed by atoms with Crippen LogP contribution in [0.5, 0.6) is 0 Å². The molecule has 0 saturated carbocycles. The summed E-state index contributed by atoms with van der Waals surface area (Å²) in [5, 5.41) is 6.93. The number of likely N-dealkylation sites (tertiary alicyclic amines) is 1. The van der Waals surface area contributed by atoms with Gasteiger partial charge in [-0.3, -0.25) is 9.89 Å². The zero-order valence-corrected chi connectivity index (χ0v) is 19.3. The zero-order valence-electron chi connectivity index (χ0n) is 17.0. The minimum Gasteiger partial charge on any atom is -0.379 e. The normalized spacial score (nSPS) is 21.9. The molecule has 154 valence electrons. The molecule has 2 aliphatic rings. The van der Waals surface area contributed by atoms with Crippen molar-refractivity contribution >= 4 is 29.9 Å². The summed E-state index contributed by atoms with van der Waals surface area (Å²) in [5.41, 5.74) is 0. The third-order valence-corrected chi connectivity index (χ3v) is 5.33. The van der Waals surface area contributed by atoms with Crippen molar-refractivity contribution in [1.82, 2.24) is 20.4 Å². The summed E-state index contributed by atoms with van der Waals surface area (Å²) in [6.07, 6.45) is 3.90. The van der Waals surface area contributed by atoms with Crippen molar-refractivity contribution in [2.24, 2.45) is 16.8 Å². The van der Waals surface area contributed by atoms with Crippen molar-refractivity contribution in [3.05, 3.63) is 0 Å². The Morgan fingerprint density at radius 2 is 1.81 bits per heavy atom. The van der Waals surface area contributed by atoms with E-state index >= 15 is 0 Å². The summed E-state index contributed by atoms with van der Waals surface area (Å²) in [4.78, 5) is 9.44. The smallest absolute Gasteiger partial charge is 0.190 e. The number of nitrogens with zero attached hydrogens (tertiary/aromatic N) is 3. The van der Waals surface area contributed by atoms with Gasteiger partial charge in [0.2, 0.25) is 0 Å². The molecule has 2 N–H and O–H groups in total. The number of morpholine rings is 1. The second kappa shape index (κ2) is 14.0. The zero-order chi connectivity index (χ0) is 17.9. The highest BCUT2D eigenvalue weighted by Crippen LogP contribution is 2.15. The molecular formula is C19H40IN5O. The molecule has 0 spiro atoms. The van der Waals surface area contributed by atoms with Crippen molar-refractivity contribution in [2.75, 3.05) is 72.6 Å². The molecule has 0 aliphatic carbocycles. The van der Waals surface area contributed by atoms with Crippen molar-refractivity contribution in [1.29, 1.82) is 0 Å². The van der Waals surface area contributed by atoms with Crippen LogP contribution >= 0.6 is 24.0 Å². The first-order valence-electron chi connectivity index (χ1n) is 10.1. The van der Waals surface area contributed by atoms with Crippen LogP contribution in [0.1, 0.15) is 33.1 Å². The quantitative estimate of drug-likeness (QED) is 0.240. The summed E-state index contributed by atoms with van der Waals surface area (Å²) >= 11 is 0. The predicted octanol–water partition coefficient (Wildman–Crippen LogP) is 1.86. The first-order valence-corrected chi connectivity index (χ1v) is 10.1. The molecule has 1 atom stereocenters. The molecule has 0 radical (unpaired) electrons. The fourth-order valence-electron chi connectivity index (χ4n) is 3.58. The van der Waals surface area contributed by atoms with Crippen LogP contribution in [0.4, 0.5) is 0 Å². The lowest BCUT2D eigenvalue weighted by molar-refractivity contribution is 0.0320. The van der Waals surface area contributed by atoms with Gasteiger partial charge >= 0.3 is 0 Å². The van der Waals surface area contributed by atoms with E-state index in [9.17, 15) is 0 Å². The minimum atomic E-state index is 0. The number of aliphatic imine (C=N–C) groups is 1. The number of guanidine groups is 1. The summed E-state index contributed by atoms with van der Waals surface area (Å²) in [6, 6.07) is 0. The van der Waals surface area contributed by atoms with Crippen LogP contribution in [-0.2, 0) is 4.74 Å². The van der Waals surface area contributed by atoms with Gasteiger partial charge in [0, 0.05) is 39.8 Å². The van der Waals surface area contributed by atoms with Crippen LogP contribution in [0.15, 0.2) is 4.99 Å². The average molecular weight is 481 g/mol. The lowest BCUT2D eigenvalue weighted by atomic mass is 9.99. The maximum atomic E-state index is 5.41. The Hall–Kier alpha value is -0.120. The SMILES string of the molecule is CN=C(NCCCN1CCC(C)CC1)NCC(C)CN1CCOCC1.I. The fourth-order valence-corrected chi connectivity index (χ4v) is 3.58. The lowest BCUT2D eigenvalue weighted by Gasteiger charge is -2.30. The van der Waals surface area contributed by atoms with Crippen LogP contribution in [-0.4, -0.2) is 88.4 Å². The molecule has 2 aliphatic heterocycles. The molecular weight excluding hydrogens is 441 g/mol. The number of ether oxygens (including phenoxy) is 1. The molecule has 2 saturated heterocycles. The van der Waals surface area contributed by atoms with Crippen LogP contribution in [0.25, 0.3) is 0 Å². The first kappa shape index (κ1) is 23.9. The van der Waals surface area contributed by atoms with E-state index in [4.69, 9.17) is 4.74 Å². The Morgan fingerprint density at radius 3 is 2.46 bits per heavy atom. The van der Waals surface area contributed by atoms with Crippen LogP contribution in [0, 0.1) is 11.8 Å². The monoisotopic (exact) mass is 481 g/mol. The Balaban J connectivity index is 0.00000338. The van der Waals surface area contributed by atoms with Gasteiger partial charge in [-0.05, 0) is 50.7 Å². The molecule has 0 bridgehead atoms. The predicted molar refractivity (Wildman–Crippen MR) is 121 cm³/mol. The second-order valence-electron chi connectivity index (χ2n) is 7.78. The highest BCUT2D eigenvalue weighted by molar-refractivity contribution is 14.0. The minimum absolute atomic E-state index is 0. The van der Waals surface area contributed by atoms with Gasteiger partial charge in [0.05, 0.1) is 13.2 Å². The molecule has 7 heteroatoms. The fraction of sp³-hybridized carbons (Fsp3) is 0.947. The molecule has 2 heterocycles. The molecule has 0 aromatic carbocycles. The number of halogens is 1. The summed E-state index contributed by atoms with van der Waals surface area (Å²) in [6.45, 7) is 15.4. The van der Waals surface area contributed by atoms with E-state index in [0.29, 0.717) is 5.92 Å². The standard InChI is InChI=1S/C19H39N5O.HI/c1-17-5-9-23(10-6-17)8-4-7-21-19(20-3)22-15-18(2)16-24-11-13-25-14-12-24;/h17-18H,4-16H2,1-3H3,(H2,20,21,22);1H. The Kier molecular flexibility index (Phi) is 12.8. The van der Waals surface area contributed by atoms with Gasteiger partial charge in [-0.1, -0.05) is 13.8 Å². The maximum Gasteiger partial charge on any atom is 0.190 e. The van der Waals surface area contributed by atoms with Gasteiger partial charge < -0.3 is 20.3 Å². The van der Waals surface area contributed by atoms with E-state index in [0.717, 1.165) is 57.8 Å². The summed E-state index contributed by atoms with van der Waals surface area (Å²) in [7, 11) is 1.86. The number of hydrogen-bond donors (Lipinski definition) is 2. The molecule has 0 aromatic heterocycles. The molecule has 1 unspecified atom stereocenters. The molecule has 2 fully saturated rings. The van der Waals surface area contributed by atoms with Crippen molar-refractivity contribution in [3.8, 4) is 0 Å². The third kappa shape index (κ3) is 9.71. The van der Waals surface area contributed by atoms with Gasteiger partial charge in [-0.2, -0.15) is 0 Å². The van der Waals surface area contributed by atoms with Crippen molar-refractivity contribution < 1.29 is 4.74 Å². The van der Waals surface area contributed by atoms with Crippen LogP contribution in [0.3, 0.4) is 0 Å². The van der Waals surface area contributed by atoms with Gasteiger partial charge in [0.15, 0.2) is 5.96 Å². The highest BCUT2D eigenvalue weighted by Gasteiger charge is 2.15. The number of hydrogen-bond acceptors (Lipinski definition) is 4. The summed E-state index contributed by atoms with van der Waals surface area (Å²) < 4.78 is 5.41. The van der Waals surface area contributed by atoms with Gasteiger partial charge in [-0.15, -0.1) is 24.0 Å². The Labute approximate surface area is 177 Å².